The van der Waals surface area contributed by atoms with Gasteiger partial charge in [-0.05, 0) is 35.1 Å². The van der Waals surface area contributed by atoms with Gasteiger partial charge in [-0.2, -0.15) is 0 Å². The van der Waals surface area contributed by atoms with E-state index >= 15 is 0 Å². The Morgan fingerprint density at radius 2 is 1.67 bits per heavy atom. The van der Waals surface area contributed by atoms with Crippen LogP contribution in [0, 0.1) is 0 Å². The van der Waals surface area contributed by atoms with Crippen molar-refractivity contribution in [3.63, 3.8) is 0 Å². The zero-order valence-electron chi connectivity index (χ0n) is 16.4. The summed E-state index contributed by atoms with van der Waals surface area (Å²) in [6.07, 6.45) is 4.13. The van der Waals surface area contributed by atoms with Gasteiger partial charge in [0.05, 0.1) is 7.11 Å². The molecule has 0 aromatic heterocycles. The summed E-state index contributed by atoms with van der Waals surface area (Å²) in [5.41, 5.74) is 2.72. The molecule has 1 atom stereocenters. The van der Waals surface area contributed by atoms with Gasteiger partial charge < -0.3 is 10.1 Å². The number of amides is 1. The Labute approximate surface area is 161 Å². The second-order valence-electron chi connectivity index (χ2n) is 7.43. The van der Waals surface area contributed by atoms with Crippen molar-refractivity contribution >= 4 is 18.0 Å². The predicted octanol–water partition coefficient (Wildman–Crippen LogP) is 4.36. The number of ether oxygens (including phenoxy) is 1. The first kappa shape index (κ1) is 20.4. The lowest BCUT2D eigenvalue weighted by molar-refractivity contribution is -0.142. The molecule has 0 bridgehead atoms. The number of carbonyl (C=O) groups excluding carboxylic acids is 2. The Hall–Kier alpha value is -2.88. The molecule has 0 aliphatic rings. The predicted molar refractivity (Wildman–Crippen MR) is 109 cm³/mol. The van der Waals surface area contributed by atoms with Crippen molar-refractivity contribution in [1.82, 2.24) is 5.32 Å². The molecule has 142 valence electrons. The van der Waals surface area contributed by atoms with Gasteiger partial charge in [-0.15, -0.1) is 0 Å². The molecule has 1 amide bonds. The van der Waals surface area contributed by atoms with Crippen LogP contribution < -0.4 is 5.32 Å². The normalized spacial score (nSPS) is 12.6. The summed E-state index contributed by atoms with van der Waals surface area (Å²) < 4.78 is 4.83. The van der Waals surface area contributed by atoms with E-state index in [-0.39, 0.29) is 11.3 Å². The van der Waals surface area contributed by atoms with E-state index in [0.29, 0.717) is 12.0 Å². The number of nitrogens with one attached hydrogen (secondary N) is 1. The molecule has 0 saturated carbocycles. The van der Waals surface area contributed by atoms with E-state index in [1.165, 1.54) is 7.11 Å². The van der Waals surface area contributed by atoms with Crippen molar-refractivity contribution in [1.29, 1.82) is 0 Å². The second kappa shape index (κ2) is 9.17. The van der Waals surface area contributed by atoms with E-state index in [4.69, 9.17) is 4.74 Å². The summed E-state index contributed by atoms with van der Waals surface area (Å²) in [7, 11) is 1.32. The first-order valence-electron chi connectivity index (χ1n) is 9.02. The quantitative estimate of drug-likeness (QED) is 0.774. The molecule has 1 N–H and O–H groups in total. The van der Waals surface area contributed by atoms with Crippen LogP contribution in [0.25, 0.3) is 6.08 Å². The molecule has 2 aromatic rings. The van der Waals surface area contributed by atoms with E-state index in [2.05, 4.69) is 26.1 Å². The molecule has 4 nitrogen and oxygen atoms in total. The summed E-state index contributed by atoms with van der Waals surface area (Å²) in [6, 6.07) is 16.5. The summed E-state index contributed by atoms with van der Waals surface area (Å²) in [6.45, 7) is 6.36. The second-order valence-corrected chi connectivity index (χ2v) is 7.43. The summed E-state index contributed by atoms with van der Waals surface area (Å²) in [5.74, 6) is -0.758. The molecular formula is C23H27NO3. The average Bonchev–Trinajstić information content (AvgIpc) is 2.66. The Kier molecular flexibility index (Phi) is 6.94. The van der Waals surface area contributed by atoms with Gasteiger partial charge in [-0.25, -0.2) is 4.79 Å². The molecule has 0 aliphatic carbocycles. The van der Waals surface area contributed by atoms with E-state index in [1.807, 2.05) is 54.6 Å². The maximum absolute atomic E-state index is 12.5. The standard InChI is InChI=1S/C23H27NO3/c1-23(2,3)19-15-13-18(14-16-19)21(25)24-20(22(26)27-4)12-8-11-17-9-6-5-7-10-17/h5-11,13-16,20H,12H2,1-4H3,(H,24,25)/b11-8+/t20-/m1/s1. The molecule has 2 rings (SSSR count). The molecule has 4 heteroatoms. The number of benzene rings is 2. The van der Waals surface area contributed by atoms with E-state index in [0.717, 1.165) is 11.1 Å². The van der Waals surface area contributed by atoms with Crippen molar-refractivity contribution in [2.45, 2.75) is 38.6 Å². The number of methoxy groups -OCH3 is 1. The molecule has 0 radical (unpaired) electrons. The van der Waals surface area contributed by atoms with Crippen LogP contribution in [0.2, 0.25) is 0 Å². The number of hydrogen-bond donors (Lipinski definition) is 1. The van der Waals surface area contributed by atoms with Gasteiger partial charge in [0, 0.05) is 5.56 Å². The maximum atomic E-state index is 12.5. The monoisotopic (exact) mass is 365 g/mol. The Balaban J connectivity index is 2.05. The first-order chi connectivity index (χ1) is 12.8. The van der Waals surface area contributed by atoms with Gasteiger partial charge >= 0.3 is 5.97 Å². The fourth-order valence-electron chi connectivity index (χ4n) is 2.62. The van der Waals surface area contributed by atoms with Crippen LogP contribution in [-0.2, 0) is 14.9 Å². The molecule has 0 unspecified atom stereocenters. The van der Waals surface area contributed by atoms with Gasteiger partial charge in [0.1, 0.15) is 6.04 Å². The summed E-state index contributed by atoms with van der Waals surface area (Å²) >= 11 is 0. The Morgan fingerprint density at radius 3 is 2.22 bits per heavy atom. The molecule has 0 heterocycles. The van der Waals surface area contributed by atoms with E-state index in [1.54, 1.807) is 12.1 Å². The van der Waals surface area contributed by atoms with Gasteiger partial charge in [0.15, 0.2) is 0 Å². The van der Waals surface area contributed by atoms with Crippen molar-refractivity contribution in [2.24, 2.45) is 0 Å². The number of esters is 1. The summed E-state index contributed by atoms with van der Waals surface area (Å²) in [5, 5.41) is 2.76. The number of rotatable bonds is 6. The maximum Gasteiger partial charge on any atom is 0.328 e. The fraction of sp³-hybridized carbons (Fsp3) is 0.304. The van der Waals surface area contributed by atoms with Crippen LogP contribution in [0.1, 0.15) is 48.7 Å². The zero-order chi connectivity index (χ0) is 19.9. The lowest BCUT2D eigenvalue weighted by atomic mass is 9.86. The highest BCUT2D eigenvalue weighted by Crippen LogP contribution is 2.22. The lowest BCUT2D eigenvalue weighted by Gasteiger charge is -2.19. The van der Waals surface area contributed by atoms with Gasteiger partial charge in [-0.3, -0.25) is 4.79 Å². The summed E-state index contributed by atoms with van der Waals surface area (Å²) in [4.78, 5) is 24.6. The SMILES string of the molecule is COC(=O)[C@@H](C/C=C/c1ccccc1)NC(=O)c1ccc(C(C)(C)C)cc1. The minimum absolute atomic E-state index is 0.0196. The molecule has 0 aliphatic heterocycles. The van der Waals surface area contributed by atoms with Crippen molar-refractivity contribution in [2.75, 3.05) is 7.11 Å². The van der Waals surface area contributed by atoms with E-state index in [9.17, 15) is 9.59 Å². The Morgan fingerprint density at radius 1 is 1.04 bits per heavy atom. The van der Waals surface area contributed by atoms with Crippen molar-refractivity contribution in [3.8, 4) is 0 Å². The highest BCUT2D eigenvalue weighted by atomic mass is 16.5. The minimum Gasteiger partial charge on any atom is -0.467 e. The van der Waals surface area contributed by atoms with Crippen molar-refractivity contribution in [3.05, 3.63) is 77.4 Å². The molecule has 27 heavy (non-hydrogen) atoms. The van der Waals surface area contributed by atoms with Crippen LogP contribution in [-0.4, -0.2) is 25.0 Å². The Bertz CT molecular complexity index is 787. The van der Waals surface area contributed by atoms with Crippen LogP contribution in [0.4, 0.5) is 0 Å². The van der Waals surface area contributed by atoms with Crippen LogP contribution in [0.3, 0.4) is 0 Å². The molecule has 0 fully saturated rings. The molecule has 2 aromatic carbocycles. The third-order valence-corrected chi connectivity index (χ3v) is 4.29. The number of hydrogen-bond acceptors (Lipinski definition) is 3. The van der Waals surface area contributed by atoms with Crippen molar-refractivity contribution < 1.29 is 14.3 Å². The molecule has 0 spiro atoms. The van der Waals surface area contributed by atoms with Gasteiger partial charge in [0.25, 0.3) is 5.91 Å². The largest absolute Gasteiger partial charge is 0.467 e. The first-order valence-corrected chi connectivity index (χ1v) is 9.02. The van der Waals surface area contributed by atoms with Gasteiger partial charge in [-0.1, -0.05) is 75.4 Å². The van der Waals surface area contributed by atoms with Crippen LogP contribution >= 0.6 is 0 Å². The van der Waals surface area contributed by atoms with Gasteiger partial charge in [0.2, 0.25) is 0 Å². The number of carbonyl (C=O) groups is 2. The molecular weight excluding hydrogens is 338 g/mol. The zero-order valence-corrected chi connectivity index (χ0v) is 16.4. The smallest absolute Gasteiger partial charge is 0.328 e. The minimum atomic E-state index is -0.732. The average molecular weight is 365 g/mol. The topological polar surface area (TPSA) is 55.4 Å². The third kappa shape index (κ3) is 6.10. The highest BCUT2D eigenvalue weighted by molar-refractivity contribution is 5.96. The van der Waals surface area contributed by atoms with Crippen LogP contribution in [0.5, 0.6) is 0 Å². The van der Waals surface area contributed by atoms with Crippen LogP contribution in [0.15, 0.2) is 60.7 Å². The lowest BCUT2D eigenvalue weighted by Crippen LogP contribution is -2.41. The highest BCUT2D eigenvalue weighted by Gasteiger charge is 2.21. The van der Waals surface area contributed by atoms with E-state index < -0.39 is 12.0 Å². The molecule has 0 saturated heterocycles. The fourth-order valence-corrected chi connectivity index (χ4v) is 2.62. The third-order valence-electron chi connectivity index (χ3n) is 4.29.